The molecule has 0 saturated carbocycles. The van der Waals surface area contributed by atoms with Gasteiger partial charge in [-0.3, -0.25) is 15.0 Å². The largest absolute Gasteiger partial charge is 0.262 e. The predicted molar refractivity (Wildman–Crippen MR) is 47.4 cm³/mol. The second kappa shape index (κ2) is 3.05. The van der Waals surface area contributed by atoms with Gasteiger partial charge in [0.25, 0.3) is 0 Å². The van der Waals surface area contributed by atoms with Crippen LogP contribution < -0.4 is 0 Å². The first-order valence-corrected chi connectivity index (χ1v) is 3.18. The van der Waals surface area contributed by atoms with Gasteiger partial charge in [-0.25, -0.2) is 0 Å². The van der Waals surface area contributed by atoms with E-state index in [1.807, 2.05) is 13.0 Å². The van der Waals surface area contributed by atoms with Crippen molar-refractivity contribution in [2.45, 2.75) is 6.92 Å². The molecule has 3 heteroatoms. The molecule has 1 heterocycles. The second-order valence-corrected chi connectivity index (χ2v) is 2.13. The molecular weight excluding hydrogens is 138 g/mol. The van der Waals surface area contributed by atoms with Gasteiger partial charge in [0.05, 0.1) is 11.9 Å². The van der Waals surface area contributed by atoms with Crippen LogP contribution in [0.15, 0.2) is 22.2 Å². The van der Waals surface area contributed by atoms with E-state index in [0.717, 1.165) is 11.4 Å². The number of nitrogens with zero attached hydrogens (tertiary/aromatic N) is 3. The Hall–Kier alpha value is -1.51. The van der Waals surface area contributed by atoms with Crippen LogP contribution in [-0.2, 0) is 0 Å². The zero-order chi connectivity index (χ0) is 8.27. The van der Waals surface area contributed by atoms with Crippen molar-refractivity contribution >= 4 is 24.8 Å². The molecule has 0 fully saturated rings. The summed E-state index contributed by atoms with van der Waals surface area (Å²) in [5, 5.41) is 0. The van der Waals surface area contributed by atoms with Crippen LogP contribution in [0.4, 0.5) is 11.4 Å². The quantitative estimate of drug-likeness (QED) is 0.590. The first kappa shape index (κ1) is 7.60. The third-order valence-corrected chi connectivity index (χ3v) is 1.34. The van der Waals surface area contributed by atoms with Crippen LogP contribution in [0.5, 0.6) is 0 Å². The highest BCUT2D eigenvalue weighted by molar-refractivity contribution is 5.65. The van der Waals surface area contributed by atoms with Gasteiger partial charge in [0.2, 0.25) is 0 Å². The molecule has 0 unspecified atom stereocenters. The molecule has 0 bridgehead atoms. The molecule has 0 aromatic carbocycles. The maximum absolute atomic E-state index is 4.04. The van der Waals surface area contributed by atoms with Gasteiger partial charge in [-0.15, -0.1) is 0 Å². The molecule has 1 rings (SSSR count). The molecule has 0 spiro atoms. The predicted octanol–water partition coefficient (Wildman–Crippen LogP) is 2.05. The summed E-state index contributed by atoms with van der Waals surface area (Å²) in [6.45, 7) is 8.70. The van der Waals surface area contributed by atoms with Gasteiger partial charge in [-0.05, 0) is 26.4 Å². The standard InChI is InChI=1S/C8H9N3/c1-6-4-7(9-2)8(10-3)5-11-6/h4-5H,2-3H2,1H3. The average molecular weight is 147 g/mol. The number of aryl methyl sites for hydroxylation is 1. The van der Waals surface area contributed by atoms with Crippen LogP contribution in [0.2, 0.25) is 0 Å². The number of hydrogen-bond donors (Lipinski definition) is 0. The number of hydrogen-bond acceptors (Lipinski definition) is 3. The normalized spacial score (nSPS) is 9.18. The first-order valence-electron chi connectivity index (χ1n) is 3.18. The van der Waals surface area contributed by atoms with E-state index >= 15 is 0 Å². The summed E-state index contributed by atoms with van der Waals surface area (Å²) < 4.78 is 0. The monoisotopic (exact) mass is 147 g/mol. The van der Waals surface area contributed by atoms with E-state index in [1.54, 1.807) is 6.20 Å². The highest BCUT2D eigenvalue weighted by atomic mass is 14.8. The summed E-state index contributed by atoms with van der Waals surface area (Å²) in [4.78, 5) is 11.6. The Kier molecular flexibility index (Phi) is 2.11. The lowest BCUT2D eigenvalue weighted by atomic mass is 10.3. The molecule has 3 nitrogen and oxygen atoms in total. The van der Waals surface area contributed by atoms with Gasteiger partial charge in [0.1, 0.15) is 5.69 Å². The Morgan fingerprint density at radius 3 is 2.45 bits per heavy atom. The van der Waals surface area contributed by atoms with Crippen LogP contribution in [0.3, 0.4) is 0 Å². The number of aliphatic imine (C=N–C) groups is 2. The molecule has 0 saturated heterocycles. The first-order chi connectivity index (χ1) is 5.27. The second-order valence-electron chi connectivity index (χ2n) is 2.13. The lowest BCUT2D eigenvalue weighted by Gasteiger charge is -1.98. The molecule has 0 radical (unpaired) electrons. The lowest BCUT2D eigenvalue weighted by Crippen LogP contribution is -1.78. The molecule has 0 aliphatic heterocycles. The smallest absolute Gasteiger partial charge is 0.106 e. The summed E-state index contributed by atoms with van der Waals surface area (Å²) in [6.07, 6.45) is 1.63. The molecule has 11 heavy (non-hydrogen) atoms. The third kappa shape index (κ3) is 1.49. The molecular formula is C8H9N3. The Bertz CT molecular complexity index is 291. The van der Waals surface area contributed by atoms with E-state index in [1.165, 1.54) is 0 Å². The minimum Gasteiger partial charge on any atom is -0.262 e. The van der Waals surface area contributed by atoms with Crippen molar-refractivity contribution in [1.29, 1.82) is 0 Å². The maximum Gasteiger partial charge on any atom is 0.106 e. The van der Waals surface area contributed by atoms with Crippen molar-refractivity contribution in [3.8, 4) is 0 Å². The molecule has 1 aromatic rings. The zero-order valence-corrected chi connectivity index (χ0v) is 6.41. The average Bonchev–Trinajstić information content (AvgIpc) is 2.04. The van der Waals surface area contributed by atoms with Gasteiger partial charge in [0.15, 0.2) is 0 Å². The summed E-state index contributed by atoms with van der Waals surface area (Å²) >= 11 is 0. The Morgan fingerprint density at radius 2 is 1.91 bits per heavy atom. The van der Waals surface area contributed by atoms with Crippen LogP contribution in [0, 0.1) is 6.92 Å². The Labute approximate surface area is 65.5 Å². The van der Waals surface area contributed by atoms with Crippen molar-refractivity contribution in [1.82, 2.24) is 4.98 Å². The van der Waals surface area contributed by atoms with E-state index in [9.17, 15) is 0 Å². The van der Waals surface area contributed by atoms with Gasteiger partial charge in [-0.1, -0.05) is 0 Å². The fraction of sp³-hybridized carbons (Fsp3) is 0.125. The topological polar surface area (TPSA) is 37.6 Å². The number of rotatable bonds is 2. The summed E-state index contributed by atoms with van der Waals surface area (Å²) in [7, 11) is 0. The SMILES string of the molecule is C=Nc1cnc(C)cc1N=C. The minimum absolute atomic E-state index is 0.672. The van der Waals surface area contributed by atoms with Crippen molar-refractivity contribution < 1.29 is 0 Å². The van der Waals surface area contributed by atoms with Crippen LogP contribution in [0.25, 0.3) is 0 Å². The van der Waals surface area contributed by atoms with E-state index in [-0.39, 0.29) is 0 Å². The number of aromatic nitrogens is 1. The van der Waals surface area contributed by atoms with E-state index in [2.05, 4.69) is 28.4 Å². The minimum atomic E-state index is 0.672. The zero-order valence-electron chi connectivity index (χ0n) is 6.41. The highest BCUT2D eigenvalue weighted by Crippen LogP contribution is 2.25. The molecule has 0 aliphatic rings. The molecule has 0 amide bonds. The molecule has 0 atom stereocenters. The van der Waals surface area contributed by atoms with E-state index in [0.29, 0.717) is 5.69 Å². The summed E-state index contributed by atoms with van der Waals surface area (Å²) in [5.41, 5.74) is 2.30. The fourth-order valence-corrected chi connectivity index (χ4v) is 0.787. The van der Waals surface area contributed by atoms with Crippen molar-refractivity contribution in [2.24, 2.45) is 9.98 Å². The highest BCUT2D eigenvalue weighted by Gasteiger charge is 1.97. The third-order valence-electron chi connectivity index (χ3n) is 1.34. The lowest BCUT2D eigenvalue weighted by molar-refractivity contribution is 1.19. The van der Waals surface area contributed by atoms with Gasteiger partial charge in [0, 0.05) is 5.69 Å². The van der Waals surface area contributed by atoms with Crippen molar-refractivity contribution in [2.75, 3.05) is 0 Å². The fourth-order valence-electron chi connectivity index (χ4n) is 0.787. The molecule has 0 aliphatic carbocycles. The maximum atomic E-state index is 4.04. The van der Waals surface area contributed by atoms with E-state index < -0.39 is 0 Å². The van der Waals surface area contributed by atoms with Gasteiger partial charge in [-0.2, -0.15) is 0 Å². The molecule has 1 aromatic heterocycles. The van der Waals surface area contributed by atoms with Crippen molar-refractivity contribution in [3.05, 3.63) is 18.0 Å². The molecule has 0 N–H and O–H groups in total. The van der Waals surface area contributed by atoms with Gasteiger partial charge >= 0.3 is 0 Å². The van der Waals surface area contributed by atoms with Crippen molar-refractivity contribution in [3.63, 3.8) is 0 Å². The summed E-state index contributed by atoms with van der Waals surface area (Å²) in [5.74, 6) is 0. The Balaban J connectivity index is 3.26. The van der Waals surface area contributed by atoms with E-state index in [4.69, 9.17) is 0 Å². The van der Waals surface area contributed by atoms with Crippen LogP contribution >= 0.6 is 0 Å². The van der Waals surface area contributed by atoms with Crippen LogP contribution in [0.1, 0.15) is 5.69 Å². The molecule has 56 valence electrons. The Morgan fingerprint density at radius 1 is 1.27 bits per heavy atom. The van der Waals surface area contributed by atoms with Gasteiger partial charge < -0.3 is 0 Å². The van der Waals surface area contributed by atoms with Crippen LogP contribution in [-0.4, -0.2) is 18.4 Å². The number of pyridine rings is 1. The summed E-state index contributed by atoms with van der Waals surface area (Å²) in [6, 6.07) is 1.82.